The van der Waals surface area contributed by atoms with Gasteiger partial charge in [0.2, 0.25) is 0 Å². The predicted molar refractivity (Wildman–Crippen MR) is 212 cm³/mol. The van der Waals surface area contributed by atoms with Crippen LogP contribution >= 0.6 is 24.7 Å². The zero-order chi connectivity index (χ0) is 37.0. The van der Waals surface area contributed by atoms with E-state index in [-0.39, 0.29) is 16.2 Å². The fraction of sp³-hybridized carbons (Fsp3) is 0.538. The molecule has 3 rings (SSSR count). The minimum absolute atomic E-state index is 0.0104. The Labute approximate surface area is 305 Å². The molecule has 0 heterocycles. The molecule has 0 amide bonds. The molecule has 3 atom stereocenters. The first-order chi connectivity index (χ1) is 23.5. The topological polar surface area (TPSA) is 79.8 Å². The Balaban J connectivity index is 2.12. The summed E-state index contributed by atoms with van der Waals surface area (Å²) in [6.07, 6.45) is 2.35. The maximum Gasteiger partial charge on any atom is 0.377 e. The van der Waals surface area contributed by atoms with Gasteiger partial charge in [0.05, 0.1) is 19.8 Å². The first-order valence-corrected chi connectivity index (χ1v) is 21.6. The first kappa shape index (κ1) is 42.4. The van der Waals surface area contributed by atoms with Gasteiger partial charge >= 0.3 is 24.7 Å². The summed E-state index contributed by atoms with van der Waals surface area (Å²) in [5.74, 6) is 1.95. The lowest BCUT2D eigenvalue weighted by molar-refractivity contribution is 0.286. The molecule has 0 aliphatic heterocycles. The lowest BCUT2D eigenvalue weighted by atomic mass is 9.87. The third-order valence-corrected chi connectivity index (χ3v) is 13.2. The van der Waals surface area contributed by atoms with Gasteiger partial charge in [-0.05, 0) is 88.6 Å². The lowest BCUT2D eigenvalue weighted by Gasteiger charge is -2.30. The van der Waals surface area contributed by atoms with Crippen molar-refractivity contribution in [2.45, 2.75) is 119 Å². The van der Waals surface area contributed by atoms with Crippen molar-refractivity contribution in [2.75, 3.05) is 19.8 Å². The highest BCUT2D eigenvalue weighted by Gasteiger charge is 2.35. The highest BCUT2D eigenvalue weighted by Crippen LogP contribution is 2.62. The summed E-state index contributed by atoms with van der Waals surface area (Å²) in [4.78, 5) is 3.52. The van der Waals surface area contributed by atoms with Crippen molar-refractivity contribution < 1.29 is 27.1 Å². The molecule has 8 nitrogen and oxygen atoms in total. The molecule has 0 saturated carbocycles. The van der Waals surface area contributed by atoms with Crippen LogP contribution in [0.4, 0.5) is 0 Å². The largest absolute Gasteiger partial charge is 0.436 e. The zero-order valence-corrected chi connectivity index (χ0v) is 35.1. The molecule has 0 aromatic heterocycles. The van der Waals surface area contributed by atoms with Gasteiger partial charge in [0, 0.05) is 0 Å². The Kier molecular flexibility index (Phi) is 16.3. The molecule has 0 fully saturated rings. The van der Waals surface area contributed by atoms with Crippen LogP contribution in [0.5, 0.6) is 17.2 Å². The van der Waals surface area contributed by atoms with Gasteiger partial charge in [-0.15, -0.1) is 9.37 Å². The molecule has 0 spiro atoms. The van der Waals surface area contributed by atoms with E-state index in [4.69, 9.17) is 31.7 Å². The summed E-state index contributed by atoms with van der Waals surface area (Å²) in [7, 11) is -7.03. The van der Waals surface area contributed by atoms with Gasteiger partial charge in [-0.1, -0.05) is 119 Å². The molecule has 0 saturated heterocycles. The monoisotopic (exact) mass is 746 g/mol. The average Bonchev–Trinajstić information content (AvgIpc) is 3.04. The van der Waals surface area contributed by atoms with E-state index in [0.29, 0.717) is 37.1 Å². The van der Waals surface area contributed by atoms with Crippen LogP contribution < -0.4 is 18.4 Å². The third-order valence-electron chi connectivity index (χ3n) is 7.45. The van der Waals surface area contributed by atoms with Gasteiger partial charge < -0.3 is 27.1 Å². The van der Waals surface area contributed by atoms with Crippen LogP contribution in [0.1, 0.15) is 119 Å². The molecule has 1 N–H and O–H groups in total. The molecular formula is C39H61N2O6P3. The molecular weight excluding hydrogens is 685 g/mol. The first-order valence-electron chi connectivity index (χ1n) is 17.8. The fourth-order valence-electron chi connectivity index (χ4n) is 4.42. The molecule has 0 radical (unpaired) electrons. The molecule has 11 heteroatoms. The van der Waals surface area contributed by atoms with Gasteiger partial charge in [0.25, 0.3) is 0 Å². The highest BCUT2D eigenvalue weighted by molar-refractivity contribution is 7.70. The second kappa shape index (κ2) is 19.2. The van der Waals surface area contributed by atoms with Crippen molar-refractivity contribution in [2.24, 2.45) is 4.52 Å². The summed E-state index contributed by atoms with van der Waals surface area (Å²) in [5, 5.41) is 0. The van der Waals surface area contributed by atoms with Crippen LogP contribution in [0.25, 0.3) is 0 Å². The number of nitrogens with one attached hydrogen (secondary N) is 1. The Morgan fingerprint density at radius 1 is 0.540 bits per heavy atom. The van der Waals surface area contributed by atoms with Crippen LogP contribution in [0, 0.1) is 0 Å². The van der Waals surface area contributed by atoms with Crippen molar-refractivity contribution in [3.63, 3.8) is 0 Å². The molecule has 3 unspecified atom stereocenters. The molecule has 3 aromatic rings. The number of nitrogens with zero attached hydrogens (tertiary/aromatic N) is 1. The van der Waals surface area contributed by atoms with E-state index in [2.05, 4.69) is 124 Å². The van der Waals surface area contributed by atoms with Gasteiger partial charge in [0.15, 0.2) is 0 Å². The van der Waals surface area contributed by atoms with Crippen LogP contribution in [0.2, 0.25) is 0 Å². The summed E-state index contributed by atoms with van der Waals surface area (Å²) >= 11 is 0. The number of rotatable bonds is 18. The summed E-state index contributed by atoms with van der Waals surface area (Å²) < 4.78 is 44.2. The minimum atomic E-state index is -3.40. The molecule has 0 aliphatic carbocycles. The smallest absolute Gasteiger partial charge is 0.377 e. The van der Waals surface area contributed by atoms with Gasteiger partial charge in [-0.3, -0.25) is 0 Å². The Morgan fingerprint density at radius 2 is 0.940 bits per heavy atom. The van der Waals surface area contributed by atoms with Gasteiger partial charge in [-0.25, -0.2) is 0 Å². The minimum Gasteiger partial charge on any atom is -0.436 e. The number of hydrogen-bond donors (Lipinski definition) is 1. The average molecular weight is 747 g/mol. The zero-order valence-electron chi connectivity index (χ0n) is 32.4. The number of hydrogen-bond acceptors (Lipinski definition) is 7. The maximum atomic E-state index is 6.82. The third kappa shape index (κ3) is 13.8. The van der Waals surface area contributed by atoms with Crippen LogP contribution in [0.3, 0.4) is 0 Å². The molecule has 3 aromatic carbocycles. The number of benzene rings is 3. The van der Waals surface area contributed by atoms with Crippen molar-refractivity contribution >= 4 is 24.7 Å². The predicted octanol–water partition coefficient (Wildman–Crippen LogP) is 13.4. The van der Waals surface area contributed by atoms with E-state index in [1.165, 1.54) is 16.7 Å². The van der Waals surface area contributed by atoms with E-state index in [0.717, 1.165) is 19.3 Å². The second-order valence-electron chi connectivity index (χ2n) is 15.3. The molecule has 278 valence electrons. The van der Waals surface area contributed by atoms with Crippen LogP contribution in [-0.4, -0.2) is 19.8 Å². The molecule has 50 heavy (non-hydrogen) atoms. The van der Waals surface area contributed by atoms with E-state index >= 15 is 0 Å². The summed E-state index contributed by atoms with van der Waals surface area (Å²) in [6.45, 7) is 27.2. The van der Waals surface area contributed by atoms with Crippen molar-refractivity contribution in [1.82, 2.24) is 4.86 Å². The SMILES string of the molecule is CCCOP(N=P(NP(OCCC)Oc1ccc(C(C)(C)C)cc1)(OCCC)Oc1ccc(C(C)(C)C)cc1)Oc1ccc(C(C)(C)C)cc1. The van der Waals surface area contributed by atoms with Crippen LogP contribution in [0.15, 0.2) is 77.3 Å². The Hall–Kier alpha value is -2.01. The van der Waals surface area contributed by atoms with Crippen molar-refractivity contribution in [3.05, 3.63) is 89.5 Å². The molecule has 0 aliphatic rings. The van der Waals surface area contributed by atoms with E-state index < -0.39 is 24.7 Å². The van der Waals surface area contributed by atoms with Crippen molar-refractivity contribution in [3.8, 4) is 17.2 Å². The van der Waals surface area contributed by atoms with Gasteiger partial charge in [-0.2, -0.15) is 0 Å². The molecule has 0 bridgehead atoms. The lowest BCUT2D eigenvalue weighted by Crippen LogP contribution is -2.17. The standard InChI is InChI=1S/C39H61N2O6P3/c1-13-28-42-48(45-34-22-16-31(17-23-34)37(4,5)6)40-50(44-30-15-3,47-36-26-20-33(21-27-36)39(10,11)12)41-49(43-29-14-2)46-35-24-18-32(19-25-35)38(7,8)9/h16-27,40H,13-15,28-30H2,1-12H3. The Morgan fingerprint density at radius 3 is 1.36 bits per heavy atom. The summed E-state index contributed by atoms with van der Waals surface area (Å²) in [5.41, 5.74) is 3.65. The quantitative estimate of drug-likeness (QED) is 0.130. The van der Waals surface area contributed by atoms with Crippen molar-refractivity contribution in [1.29, 1.82) is 0 Å². The Bertz CT molecular complexity index is 1480. The van der Waals surface area contributed by atoms with Gasteiger partial charge in [0.1, 0.15) is 17.2 Å². The van der Waals surface area contributed by atoms with E-state index in [1.54, 1.807) is 0 Å². The van der Waals surface area contributed by atoms with E-state index in [1.807, 2.05) is 36.4 Å². The summed E-state index contributed by atoms with van der Waals surface area (Å²) in [6, 6.07) is 24.3. The van der Waals surface area contributed by atoms with Crippen LogP contribution in [-0.2, 0) is 29.8 Å². The normalized spacial score (nSPS) is 14.8. The van der Waals surface area contributed by atoms with E-state index in [9.17, 15) is 0 Å². The highest BCUT2D eigenvalue weighted by atomic mass is 31.3. The maximum absolute atomic E-state index is 6.82. The second-order valence-corrected chi connectivity index (χ2v) is 20.2. The fourth-order valence-corrected chi connectivity index (χ4v) is 10.3.